The Labute approximate surface area is 129 Å². The molecule has 0 saturated carbocycles. The fourth-order valence-electron chi connectivity index (χ4n) is 2.24. The van der Waals surface area contributed by atoms with Crippen LogP contribution in [-0.2, 0) is 11.2 Å². The van der Waals surface area contributed by atoms with Gasteiger partial charge in [0.25, 0.3) is 5.88 Å². The van der Waals surface area contributed by atoms with E-state index in [9.17, 15) is 10.1 Å². The SMILES string of the molecule is CCCOc1nc(CC)nc(NCC2CCCO2)c1[N+](=O)[O-]. The molecule has 2 heterocycles. The van der Waals surface area contributed by atoms with Crippen molar-refractivity contribution >= 4 is 11.5 Å². The molecule has 1 unspecified atom stereocenters. The highest BCUT2D eigenvalue weighted by molar-refractivity contribution is 5.61. The first kappa shape index (κ1) is 16.4. The summed E-state index contributed by atoms with van der Waals surface area (Å²) in [7, 11) is 0. The number of rotatable bonds is 8. The molecule has 1 saturated heterocycles. The van der Waals surface area contributed by atoms with Crippen molar-refractivity contribution in [3.63, 3.8) is 0 Å². The van der Waals surface area contributed by atoms with E-state index >= 15 is 0 Å². The predicted molar refractivity (Wildman–Crippen MR) is 81.3 cm³/mol. The van der Waals surface area contributed by atoms with Gasteiger partial charge in [0.05, 0.1) is 17.6 Å². The number of anilines is 1. The Morgan fingerprint density at radius 2 is 2.27 bits per heavy atom. The molecule has 1 N–H and O–H groups in total. The molecule has 8 nitrogen and oxygen atoms in total. The van der Waals surface area contributed by atoms with Gasteiger partial charge in [0, 0.05) is 19.6 Å². The summed E-state index contributed by atoms with van der Waals surface area (Å²) in [6.45, 7) is 5.45. The van der Waals surface area contributed by atoms with Crippen LogP contribution in [0.4, 0.5) is 11.5 Å². The average Bonchev–Trinajstić information content (AvgIpc) is 3.03. The minimum Gasteiger partial charge on any atom is -0.473 e. The van der Waals surface area contributed by atoms with E-state index in [1.54, 1.807) is 0 Å². The monoisotopic (exact) mass is 310 g/mol. The van der Waals surface area contributed by atoms with Crippen LogP contribution in [0.1, 0.15) is 38.9 Å². The van der Waals surface area contributed by atoms with E-state index in [-0.39, 0.29) is 23.5 Å². The summed E-state index contributed by atoms with van der Waals surface area (Å²) in [6, 6.07) is 0. The topological polar surface area (TPSA) is 99.4 Å². The van der Waals surface area contributed by atoms with Gasteiger partial charge in [-0.2, -0.15) is 4.98 Å². The first-order valence-electron chi connectivity index (χ1n) is 7.69. The number of nitrogens with zero attached hydrogens (tertiary/aromatic N) is 3. The number of hydrogen-bond donors (Lipinski definition) is 1. The van der Waals surface area contributed by atoms with Crippen molar-refractivity contribution in [1.29, 1.82) is 0 Å². The smallest absolute Gasteiger partial charge is 0.372 e. The average molecular weight is 310 g/mol. The Bertz CT molecular complexity index is 518. The van der Waals surface area contributed by atoms with Crippen molar-refractivity contribution in [3.8, 4) is 5.88 Å². The van der Waals surface area contributed by atoms with Gasteiger partial charge in [0.15, 0.2) is 0 Å². The van der Waals surface area contributed by atoms with Crippen LogP contribution >= 0.6 is 0 Å². The summed E-state index contributed by atoms with van der Waals surface area (Å²) in [5, 5.41) is 14.4. The van der Waals surface area contributed by atoms with Gasteiger partial charge in [-0.3, -0.25) is 10.1 Å². The highest BCUT2D eigenvalue weighted by Crippen LogP contribution is 2.32. The molecule has 1 aromatic rings. The zero-order valence-electron chi connectivity index (χ0n) is 13.0. The number of aromatic nitrogens is 2. The maximum Gasteiger partial charge on any atom is 0.372 e. The second-order valence-electron chi connectivity index (χ2n) is 5.12. The van der Waals surface area contributed by atoms with Crippen molar-refractivity contribution in [3.05, 3.63) is 15.9 Å². The fourth-order valence-corrected chi connectivity index (χ4v) is 2.24. The maximum atomic E-state index is 11.4. The van der Waals surface area contributed by atoms with Crippen molar-refractivity contribution < 1.29 is 14.4 Å². The van der Waals surface area contributed by atoms with Crippen LogP contribution in [0, 0.1) is 10.1 Å². The van der Waals surface area contributed by atoms with Crippen LogP contribution in [0.3, 0.4) is 0 Å². The van der Waals surface area contributed by atoms with E-state index in [1.165, 1.54) is 0 Å². The number of hydrogen-bond acceptors (Lipinski definition) is 7. The molecule has 0 radical (unpaired) electrons. The lowest BCUT2D eigenvalue weighted by molar-refractivity contribution is -0.385. The number of ether oxygens (including phenoxy) is 2. The van der Waals surface area contributed by atoms with Crippen LogP contribution < -0.4 is 10.1 Å². The van der Waals surface area contributed by atoms with E-state index in [0.717, 1.165) is 25.9 Å². The number of nitrogens with one attached hydrogen (secondary N) is 1. The molecular formula is C14H22N4O4. The van der Waals surface area contributed by atoms with Crippen LogP contribution in [0.5, 0.6) is 5.88 Å². The normalized spacial score (nSPS) is 17.5. The number of nitro groups is 1. The minimum absolute atomic E-state index is 0.0357. The van der Waals surface area contributed by atoms with Crippen molar-refractivity contribution in [1.82, 2.24) is 9.97 Å². The van der Waals surface area contributed by atoms with E-state index in [0.29, 0.717) is 25.4 Å². The molecule has 0 amide bonds. The summed E-state index contributed by atoms with van der Waals surface area (Å²) in [5.41, 5.74) is -0.205. The highest BCUT2D eigenvalue weighted by atomic mass is 16.6. The summed E-state index contributed by atoms with van der Waals surface area (Å²) in [5.74, 6) is 0.763. The van der Waals surface area contributed by atoms with Crippen LogP contribution in [0.15, 0.2) is 0 Å². The quantitative estimate of drug-likeness (QED) is 0.581. The molecule has 1 atom stereocenters. The third-order valence-electron chi connectivity index (χ3n) is 3.36. The lowest BCUT2D eigenvalue weighted by Gasteiger charge is -2.13. The van der Waals surface area contributed by atoms with E-state index < -0.39 is 4.92 Å². The summed E-state index contributed by atoms with van der Waals surface area (Å²) in [4.78, 5) is 19.3. The third kappa shape index (κ3) is 4.03. The molecule has 122 valence electrons. The van der Waals surface area contributed by atoms with Crippen LogP contribution in [-0.4, -0.2) is 40.8 Å². The zero-order chi connectivity index (χ0) is 15.9. The molecule has 22 heavy (non-hydrogen) atoms. The zero-order valence-corrected chi connectivity index (χ0v) is 13.0. The van der Waals surface area contributed by atoms with Crippen molar-refractivity contribution in [2.45, 2.75) is 45.6 Å². The molecule has 0 aliphatic carbocycles. The predicted octanol–water partition coefficient (Wildman–Crippen LogP) is 2.33. The molecule has 1 fully saturated rings. The largest absolute Gasteiger partial charge is 0.473 e. The van der Waals surface area contributed by atoms with E-state index in [4.69, 9.17) is 9.47 Å². The molecule has 0 aromatic carbocycles. The highest BCUT2D eigenvalue weighted by Gasteiger charge is 2.27. The lowest BCUT2D eigenvalue weighted by Crippen LogP contribution is -2.20. The standard InChI is InChI=1S/C14H22N4O4/c1-3-7-22-14-12(18(19)20)13(16-11(4-2)17-14)15-9-10-6-5-8-21-10/h10H,3-9H2,1-2H3,(H,15,16,17). The van der Waals surface area contributed by atoms with Gasteiger partial charge in [-0.05, 0) is 19.3 Å². The van der Waals surface area contributed by atoms with Gasteiger partial charge >= 0.3 is 5.69 Å². The van der Waals surface area contributed by atoms with E-state index in [1.807, 2.05) is 13.8 Å². The van der Waals surface area contributed by atoms with Gasteiger partial charge in [0.1, 0.15) is 5.82 Å². The van der Waals surface area contributed by atoms with Crippen LogP contribution in [0.25, 0.3) is 0 Å². The molecule has 1 aromatic heterocycles. The van der Waals surface area contributed by atoms with E-state index in [2.05, 4.69) is 15.3 Å². The summed E-state index contributed by atoms with van der Waals surface area (Å²) >= 11 is 0. The first-order valence-corrected chi connectivity index (χ1v) is 7.69. The maximum absolute atomic E-state index is 11.4. The summed E-state index contributed by atoms with van der Waals surface area (Å²) < 4.78 is 11.0. The van der Waals surface area contributed by atoms with Gasteiger partial charge < -0.3 is 14.8 Å². The molecule has 8 heteroatoms. The molecule has 1 aliphatic heterocycles. The van der Waals surface area contributed by atoms with Gasteiger partial charge in [-0.15, -0.1) is 0 Å². The second kappa shape index (κ2) is 7.88. The van der Waals surface area contributed by atoms with Crippen LogP contribution in [0.2, 0.25) is 0 Å². The Morgan fingerprint density at radius 3 is 2.86 bits per heavy atom. The fraction of sp³-hybridized carbons (Fsp3) is 0.714. The second-order valence-corrected chi connectivity index (χ2v) is 5.12. The molecule has 2 rings (SSSR count). The van der Waals surface area contributed by atoms with Gasteiger partial charge in [0.2, 0.25) is 5.82 Å². The molecule has 0 bridgehead atoms. The van der Waals surface area contributed by atoms with Gasteiger partial charge in [-0.25, -0.2) is 4.98 Å². The Kier molecular flexibility index (Phi) is 5.88. The Balaban J connectivity index is 2.24. The third-order valence-corrected chi connectivity index (χ3v) is 3.36. The summed E-state index contributed by atoms with van der Waals surface area (Å²) in [6.07, 6.45) is 3.37. The van der Waals surface area contributed by atoms with Crippen molar-refractivity contribution in [2.24, 2.45) is 0 Å². The minimum atomic E-state index is -0.498. The molecule has 0 spiro atoms. The van der Waals surface area contributed by atoms with Crippen molar-refractivity contribution in [2.75, 3.05) is 25.1 Å². The number of aryl methyl sites for hydroxylation is 1. The Hall–Kier alpha value is -1.96. The molecular weight excluding hydrogens is 288 g/mol. The first-order chi connectivity index (χ1) is 10.7. The Morgan fingerprint density at radius 1 is 1.45 bits per heavy atom. The molecule has 1 aliphatic rings. The lowest BCUT2D eigenvalue weighted by atomic mass is 10.2. The van der Waals surface area contributed by atoms with Gasteiger partial charge in [-0.1, -0.05) is 13.8 Å².